The first-order valence-corrected chi connectivity index (χ1v) is 5.05. The van der Waals surface area contributed by atoms with Gasteiger partial charge in [-0.3, -0.25) is 9.59 Å². The van der Waals surface area contributed by atoms with Crippen LogP contribution in [0.1, 0.15) is 6.42 Å². The van der Waals surface area contributed by atoms with Gasteiger partial charge >= 0.3 is 18.0 Å². The zero-order chi connectivity index (χ0) is 14.1. The van der Waals surface area contributed by atoms with Crippen LogP contribution in [0.3, 0.4) is 0 Å². The number of nitrogens with zero attached hydrogens (tertiary/aromatic N) is 2. The molecule has 0 radical (unpaired) electrons. The van der Waals surface area contributed by atoms with E-state index in [4.69, 9.17) is 0 Å². The first-order chi connectivity index (χ1) is 8.07. The summed E-state index contributed by atoms with van der Waals surface area (Å²) < 4.78 is 61.7. The molecule has 0 spiro atoms. The van der Waals surface area contributed by atoms with Crippen molar-refractivity contribution in [1.29, 1.82) is 0 Å². The summed E-state index contributed by atoms with van der Waals surface area (Å²) in [5, 5.41) is 0. The maximum atomic E-state index is 12.8. The van der Waals surface area contributed by atoms with E-state index in [1.54, 1.807) is 0 Å². The van der Waals surface area contributed by atoms with E-state index >= 15 is 0 Å². The van der Waals surface area contributed by atoms with Crippen LogP contribution in [0.2, 0.25) is 0 Å². The van der Waals surface area contributed by atoms with E-state index in [-0.39, 0.29) is 24.4 Å². The summed E-state index contributed by atoms with van der Waals surface area (Å²) in [5.74, 6) is -8.51. The van der Waals surface area contributed by atoms with Gasteiger partial charge in [-0.05, 0) is 6.42 Å². The Hall–Kier alpha value is -1.41. The normalized spacial score (nSPS) is 18.9. The summed E-state index contributed by atoms with van der Waals surface area (Å²) in [4.78, 5) is 23.9. The standard InChI is InChI=1S/C9H11F5N2O2/c1-15-3-2-4-16(5-6(15)17)7(18)8(10,11)9(12,13)14/h2-5H2,1H3. The molecule has 2 amide bonds. The van der Waals surface area contributed by atoms with Crippen molar-refractivity contribution in [3.63, 3.8) is 0 Å². The van der Waals surface area contributed by atoms with Crippen LogP contribution in [0.15, 0.2) is 0 Å². The lowest BCUT2D eigenvalue weighted by Crippen LogP contribution is -2.53. The molecule has 104 valence electrons. The minimum Gasteiger partial charge on any atom is -0.344 e. The summed E-state index contributed by atoms with van der Waals surface area (Å²) in [6.07, 6.45) is -5.80. The zero-order valence-electron chi connectivity index (χ0n) is 9.43. The van der Waals surface area contributed by atoms with Gasteiger partial charge in [0.25, 0.3) is 0 Å². The Bertz CT molecular complexity index is 355. The highest BCUT2D eigenvalue weighted by Gasteiger charge is 2.64. The van der Waals surface area contributed by atoms with Gasteiger partial charge in [-0.15, -0.1) is 0 Å². The second-order valence-corrected chi connectivity index (χ2v) is 3.97. The van der Waals surface area contributed by atoms with Gasteiger partial charge in [-0.2, -0.15) is 22.0 Å². The highest BCUT2D eigenvalue weighted by Crippen LogP contribution is 2.37. The van der Waals surface area contributed by atoms with Crippen LogP contribution in [0.5, 0.6) is 0 Å². The third-order valence-electron chi connectivity index (χ3n) is 2.59. The lowest BCUT2D eigenvalue weighted by Gasteiger charge is -2.26. The maximum Gasteiger partial charge on any atom is 0.463 e. The van der Waals surface area contributed by atoms with E-state index in [0.29, 0.717) is 0 Å². The van der Waals surface area contributed by atoms with Gasteiger partial charge in [0.2, 0.25) is 5.91 Å². The number of alkyl halides is 5. The molecule has 9 heteroatoms. The van der Waals surface area contributed by atoms with Gasteiger partial charge in [0.1, 0.15) is 0 Å². The number of carbonyl (C=O) groups is 2. The Labute approximate surface area is 99.3 Å². The minimum atomic E-state index is -5.95. The van der Waals surface area contributed by atoms with Crippen molar-refractivity contribution in [3.8, 4) is 0 Å². The van der Waals surface area contributed by atoms with Gasteiger partial charge in [-0.1, -0.05) is 0 Å². The lowest BCUT2D eigenvalue weighted by molar-refractivity contribution is -0.274. The number of carbonyl (C=O) groups excluding carboxylic acids is 2. The van der Waals surface area contributed by atoms with Crippen LogP contribution < -0.4 is 0 Å². The Balaban J connectivity index is 2.87. The fourth-order valence-electron chi connectivity index (χ4n) is 1.48. The number of hydrogen-bond donors (Lipinski definition) is 0. The van der Waals surface area contributed by atoms with Crippen LogP contribution in [0.25, 0.3) is 0 Å². The smallest absolute Gasteiger partial charge is 0.344 e. The van der Waals surface area contributed by atoms with Crippen LogP contribution in [-0.2, 0) is 9.59 Å². The molecule has 1 fully saturated rings. The molecule has 0 saturated carbocycles. The Morgan fingerprint density at radius 2 is 1.72 bits per heavy atom. The van der Waals surface area contributed by atoms with Crippen molar-refractivity contribution in [3.05, 3.63) is 0 Å². The molecule has 0 atom stereocenters. The number of hydrogen-bond acceptors (Lipinski definition) is 2. The van der Waals surface area contributed by atoms with E-state index in [0.717, 1.165) is 0 Å². The third kappa shape index (κ3) is 2.70. The average Bonchev–Trinajstić information content (AvgIpc) is 2.39. The SMILES string of the molecule is CN1CCCN(C(=O)C(F)(F)C(F)(F)F)CC1=O. The molecule has 1 rings (SSSR count). The first kappa shape index (κ1) is 14.7. The molecule has 0 aromatic rings. The molecule has 0 aromatic heterocycles. The predicted octanol–water partition coefficient (Wildman–Crippen LogP) is 0.875. The van der Waals surface area contributed by atoms with E-state index in [2.05, 4.69) is 0 Å². The molecule has 4 nitrogen and oxygen atoms in total. The summed E-state index contributed by atoms with van der Waals surface area (Å²) in [5.41, 5.74) is 0. The molecule has 0 aliphatic carbocycles. The van der Waals surface area contributed by atoms with Crippen molar-refractivity contribution < 1.29 is 31.5 Å². The van der Waals surface area contributed by atoms with Crippen molar-refractivity contribution in [1.82, 2.24) is 9.80 Å². The number of amides is 2. The zero-order valence-corrected chi connectivity index (χ0v) is 9.43. The fraction of sp³-hybridized carbons (Fsp3) is 0.778. The largest absolute Gasteiger partial charge is 0.463 e. The Morgan fingerprint density at radius 3 is 2.22 bits per heavy atom. The molecule has 0 aromatic carbocycles. The summed E-state index contributed by atoms with van der Waals surface area (Å²) >= 11 is 0. The first-order valence-electron chi connectivity index (χ1n) is 5.05. The van der Waals surface area contributed by atoms with E-state index in [9.17, 15) is 31.5 Å². The Kier molecular flexibility index (Phi) is 3.82. The third-order valence-corrected chi connectivity index (χ3v) is 2.59. The highest BCUT2D eigenvalue weighted by atomic mass is 19.4. The fourth-order valence-corrected chi connectivity index (χ4v) is 1.48. The second kappa shape index (κ2) is 4.69. The van der Waals surface area contributed by atoms with Crippen LogP contribution >= 0.6 is 0 Å². The molecular formula is C9H11F5N2O2. The van der Waals surface area contributed by atoms with E-state index in [1.165, 1.54) is 11.9 Å². The molecule has 0 N–H and O–H groups in total. The molecule has 18 heavy (non-hydrogen) atoms. The van der Waals surface area contributed by atoms with Crippen LogP contribution in [-0.4, -0.2) is 60.4 Å². The van der Waals surface area contributed by atoms with Crippen molar-refractivity contribution >= 4 is 11.8 Å². The predicted molar refractivity (Wildman–Crippen MR) is 49.8 cm³/mol. The molecule has 1 aliphatic heterocycles. The van der Waals surface area contributed by atoms with Crippen molar-refractivity contribution in [2.24, 2.45) is 0 Å². The number of rotatable bonds is 1. The number of likely N-dealkylation sites (N-methyl/N-ethyl adjacent to an activating group) is 1. The van der Waals surface area contributed by atoms with Gasteiger partial charge in [0.05, 0.1) is 6.54 Å². The van der Waals surface area contributed by atoms with E-state index in [1.807, 2.05) is 0 Å². The molecule has 0 bridgehead atoms. The summed E-state index contributed by atoms with van der Waals surface area (Å²) in [7, 11) is 1.39. The molecule has 1 aliphatic rings. The monoisotopic (exact) mass is 274 g/mol. The van der Waals surface area contributed by atoms with Crippen LogP contribution in [0.4, 0.5) is 22.0 Å². The van der Waals surface area contributed by atoms with Gasteiger partial charge < -0.3 is 9.80 Å². The Morgan fingerprint density at radius 1 is 1.17 bits per heavy atom. The van der Waals surface area contributed by atoms with Gasteiger partial charge in [-0.25, -0.2) is 0 Å². The van der Waals surface area contributed by atoms with Crippen molar-refractivity contribution in [2.45, 2.75) is 18.5 Å². The summed E-state index contributed by atoms with van der Waals surface area (Å²) in [6, 6.07) is 0. The summed E-state index contributed by atoms with van der Waals surface area (Å²) in [6.45, 7) is -0.859. The number of halogens is 5. The van der Waals surface area contributed by atoms with Gasteiger partial charge in [0.15, 0.2) is 0 Å². The molecule has 1 heterocycles. The van der Waals surface area contributed by atoms with E-state index < -0.39 is 30.5 Å². The maximum absolute atomic E-state index is 12.8. The molecular weight excluding hydrogens is 263 g/mol. The molecule has 1 saturated heterocycles. The lowest BCUT2D eigenvalue weighted by atomic mass is 10.2. The van der Waals surface area contributed by atoms with Crippen molar-refractivity contribution in [2.75, 3.05) is 26.7 Å². The molecule has 0 unspecified atom stereocenters. The highest BCUT2D eigenvalue weighted by molar-refractivity contribution is 5.89. The minimum absolute atomic E-state index is 0.155. The average molecular weight is 274 g/mol. The van der Waals surface area contributed by atoms with Crippen LogP contribution in [0, 0.1) is 0 Å². The quantitative estimate of drug-likeness (QED) is 0.666. The topological polar surface area (TPSA) is 40.6 Å². The van der Waals surface area contributed by atoms with Gasteiger partial charge in [0, 0.05) is 20.1 Å². The second-order valence-electron chi connectivity index (χ2n) is 3.97.